The number of hydrogen-bond donors (Lipinski definition) is 1. The van der Waals surface area contributed by atoms with Crippen molar-refractivity contribution in [3.8, 4) is 0 Å². The lowest BCUT2D eigenvalue weighted by Crippen LogP contribution is -2.49. The zero-order valence-electron chi connectivity index (χ0n) is 6.32. The van der Waals surface area contributed by atoms with E-state index < -0.39 is 28.0 Å². The SMILES string of the molecule is CCNS(=O)(=O)C(F)(F)C(F)(F)F. The molecule has 0 aliphatic heterocycles. The maximum atomic E-state index is 12.1. The third-order valence-electron chi connectivity index (χ3n) is 1.00. The normalized spacial score (nSPS) is 14.6. The van der Waals surface area contributed by atoms with Crippen molar-refractivity contribution in [3.05, 3.63) is 0 Å². The fourth-order valence-corrected chi connectivity index (χ4v) is 1.30. The van der Waals surface area contributed by atoms with Gasteiger partial charge in [0.1, 0.15) is 0 Å². The zero-order valence-corrected chi connectivity index (χ0v) is 7.14. The minimum atomic E-state index is -6.10. The highest BCUT2D eigenvalue weighted by Crippen LogP contribution is 2.38. The molecule has 9 heteroatoms. The van der Waals surface area contributed by atoms with Crippen LogP contribution in [0.3, 0.4) is 0 Å². The number of nitrogens with one attached hydrogen (secondary N) is 1. The van der Waals surface area contributed by atoms with Gasteiger partial charge in [-0.15, -0.1) is 0 Å². The molecule has 0 radical (unpaired) electrons. The van der Waals surface area contributed by atoms with Crippen molar-refractivity contribution in [2.24, 2.45) is 0 Å². The summed E-state index contributed by atoms with van der Waals surface area (Å²) in [6, 6.07) is 0. The maximum absolute atomic E-state index is 12.1. The third kappa shape index (κ3) is 2.27. The molecule has 13 heavy (non-hydrogen) atoms. The molecular weight excluding hydrogens is 221 g/mol. The highest BCUT2D eigenvalue weighted by atomic mass is 32.2. The Morgan fingerprint density at radius 2 is 1.54 bits per heavy atom. The van der Waals surface area contributed by atoms with Crippen LogP contribution in [0, 0.1) is 0 Å². The lowest BCUT2D eigenvalue weighted by atomic mass is 10.7. The molecule has 0 aromatic rings. The smallest absolute Gasteiger partial charge is 0.210 e. The van der Waals surface area contributed by atoms with E-state index in [1.54, 1.807) is 0 Å². The number of rotatable bonds is 3. The number of alkyl halides is 5. The van der Waals surface area contributed by atoms with E-state index in [9.17, 15) is 30.4 Å². The van der Waals surface area contributed by atoms with Gasteiger partial charge in [0.05, 0.1) is 0 Å². The summed E-state index contributed by atoms with van der Waals surface area (Å²) in [6.45, 7) is 0.554. The van der Waals surface area contributed by atoms with Gasteiger partial charge in [-0.2, -0.15) is 22.0 Å². The first-order valence-electron chi connectivity index (χ1n) is 3.00. The van der Waals surface area contributed by atoms with Crippen LogP contribution in [0.4, 0.5) is 22.0 Å². The molecule has 0 aliphatic carbocycles. The van der Waals surface area contributed by atoms with Crippen LogP contribution >= 0.6 is 0 Å². The Hall–Kier alpha value is -0.440. The minimum Gasteiger partial charge on any atom is -0.210 e. The van der Waals surface area contributed by atoms with Crippen LogP contribution in [-0.2, 0) is 10.0 Å². The third-order valence-corrected chi connectivity index (χ3v) is 2.58. The van der Waals surface area contributed by atoms with Crippen LogP contribution in [0.25, 0.3) is 0 Å². The van der Waals surface area contributed by atoms with Gasteiger partial charge < -0.3 is 0 Å². The van der Waals surface area contributed by atoms with Gasteiger partial charge in [0.15, 0.2) is 0 Å². The van der Waals surface area contributed by atoms with Crippen molar-refractivity contribution >= 4 is 10.0 Å². The molecule has 0 heterocycles. The quantitative estimate of drug-likeness (QED) is 0.733. The molecular formula is C4H6F5NO2S. The molecule has 0 aromatic carbocycles. The number of sulfonamides is 1. The predicted molar refractivity (Wildman–Crippen MR) is 33.6 cm³/mol. The van der Waals surface area contributed by atoms with Gasteiger partial charge in [0.25, 0.3) is 10.0 Å². The first kappa shape index (κ1) is 12.6. The molecule has 0 bridgehead atoms. The Kier molecular flexibility index (Phi) is 3.26. The van der Waals surface area contributed by atoms with Crippen molar-refractivity contribution in [1.82, 2.24) is 4.72 Å². The van der Waals surface area contributed by atoms with Crippen molar-refractivity contribution < 1.29 is 30.4 Å². The van der Waals surface area contributed by atoms with Gasteiger partial charge in [0.2, 0.25) is 0 Å². The van der Waals surface area contributed by atoms with Crippen LogP contribution in [-0.4, -0.2) is 26.4 Å². The molecule has 80 valence electrons. The van der Waals surface area contributed by atoms with Gasteiger partial charge in [-0.25, -0.2) is 13.1 Å². The van der Waals surface area contributed by atoms with Gasteiger partial charge >= 0.3 is 11.4 Å². The molecule has 0 atom stereocenters. The van der Waals surface area contributed by atoms with Crippen molar-refractivity contribution in [3.63, 3.8) is 0 Å². The van der Waals surface area contributed by atoms with Gasteiger partial charge in [-0.05, 0) is 0 Å². The summed E-state index contributed by atoms with van der Waals surface area (Å²) >= 11 is 0. The molecule has 0 saturated heterocycles. The van der Waals surface area contributed by atoms with E-state index in [0.29, 0.717) is 0 Å². The Balaban J connectivity index is 5.06. The average Bonchev–Trinajstić information content (AvgIpc) is 1.84. The second kappa shape index (κ2) is 3.37. The highest BCUT2D eigenvalue weighted by Gasteiger charge is 2.67. The number of hydrogen-bond acceptors (Lipinski definition) is 2. The summed E-state index contributed by atoms with van der Waals surface area (Å²) in [5.74, 6) is 0. The standard InChI is InChI=1S/C4H6F5NO2S/c1-2-10-13(11,12)4(8,9)3(5,6)7/h10H,2H2,1H3. The van der Waals surface area contributed by atoms with E-state index in [1.807, 2.05) is 0 Å². The molecule has 3 nitrogen and oxygen atoms in total. The maximum Gasteiger partial charge on any atom is 0.470 e. The molecule has 0 aliphatic rings. The summed E-state index contributed by atoms with van der Waals surface area (Å²) in [7, 11) is -5.68. The first-order valence-corrected chi connectivity index (χ1v) is 4.48. The van der Waals surface area contributed by atoms with Crippen LogP contribution in [0.5, 0.6) is 0 Å². The second-order valence-electron chi connectivity index (χ2n) is 2.02. The van der Waals surface area contributed by atoms with Crippen molar-refractivity contribution in [2.75, 3.05) is 6.54 Å². The van der Waals surface area contributed by atoms with E-state index in [4.69, 9.17) is 0 Å². The largest absolute Gasteiger partial charge is 0.470 e. The lowest BCUT2D eigenvalue weighted by Gasteiger charge is -2.19. The molecule has 0 unspecified atom stereocenters. The summed E-state index contributed by atoms with van der Waals surface area (Å²) in [4.78, 5) is 0. The Bertz CT molecular complexity index is 269. The molecule has 0 rings (SSSR count). The fraction of sp³-hybridized carbons (Fsp3) is 1.00. The predicted octanol–water partition coefficient (Wildman–Crippen LogP) is 1.08. The average molecular weight is 227 g/mol. The van der Waals surface area contributed by atoms with E-state index in [0.717, 1.165) is 11.6 Å². The number of halogens is 5. The fourth-order valence-electron chi connectivity index (χ4n) is 0.433. The van der Waals surface area contributed by atoms with Crippen molar-refractivity contribution in [2.45, 2.75) is 18.4 Å². The lowest BCUT2D eigenvalue weighted by molar-refractivity contribution is -0.241. The Labute approximate surface area is 71.0 Å². The molecule has 0 amide bonds. The monoisotopic (exact) mass is 227 g/mol. The minimum absolute atomic E-state index is 0.534. The molecule has 1 N–H and O–H groups in total. The van der Waals surface area contributed by atoms with E-state index >= 15 is 0 Å². The Morgan fingerprint density at radius 3 is 1.77 bits per heavy atom. The van der Waals surface area contributed by atoms with Gasteiger partial charge in [-0.3, -0.25) is 0 Å². The first-order chi connectivity index (χ1) is 5.56. The van der Waals surface area contributed by atoms with Crippen molar-refractivity contribution in [1.29, 1.82) is 0 Å². The molecule has 0 fully saturated rings. The van der Waals surface area contributed by atoms with Crippen LogP contribution in [0.15, 0.2) is 0 Å². The van der Waals surface area contributed by atoms with Gasteiger partial charge in [0, 0.05) is 6.54 Å². The highest BCUT2D eigenvalue weighted by molar-refractivity contribution is 7.90. The zero-order chi connectivity index (χ0) is 10.9. The summed E-state index contributed by atoms with van der Waals surface area (Å²) in [5.41, 5.74) is 0. The molecule has 0 aromatic heterocycles. The second-order valence-corrected chi connectivity index (χ2v) is 3.82. The van der Waals surface area contributed by atoms with E-state index in [2.05, 4.69) is 0 Å². The molecule has 0 spiro atoms. The van der Waals surface area contributed by atoms with Crippen LogP contribution in [0.2, 0.25) is 0 Å². The Morgan fingerprint density at radius 1 is 1.15 bits per heavy atom. The summed E-state index contributed by atoms with van der Waals surface area (Å²) in [6.07, 6.45) is -6.10. The summed E-state index contributed by atoms with van der Waals surface area (Å²) < 4.78 is 80.4. The molecule has 0 saturated carbocycles. The van der Waals surface area contributed by atoms with Crippen LogP contribution in [0.1, 0.15) is 6.92 Å². The van der Waals surface area contributed by atoms with Gasteiger partial charge in [-0.1, -0.05) is 6.92 Å². The van der Waals surface area contributed by atoms with E-state index in [1.165, 1.54) is 0 Å². The van der Waals surface area contributed by atoms with Crippen LogP contribution < -0.4 is 4.72 Å². The topological polar surface area (TPSA) is 46.2 Å². The van der Waals surface area contributed by atoms with E-state index in [-0.39, 0.29) is 0 Å². The summed E-state index contributed by atoms with van der Waals surface area (Å²) in [5, 5.41) is -5.75.